The van der Waals surface area contributed by atoms with Crippen LogP contribution in [0, 0.1) is 5.92 Å². The number of carboxylic acid groups (broad SMARTS) is 1. The molecule has 0 spiro atoms. The van der Waals surface area contributed by atoms with Crippen molar-refractivity contribution in [1.29, 1.82) is 0 Å². The Balaban J connectivity index is 2.78. The van der Waals surface area contributed by atoms with Gasteiger partial charge in [-0.25, -0.2) is 4.79 Å². The van der Waals surface area contributed by atoms with E-state index in [9.17, 15) is 9.59 Å². The van der Waals surface area contributed by atoms with Gasteiger partial charge in [0, 0.05) is 6.20 Å². The van der Waals surface area contributed by atoms with Gasteiger partial charge in [0.15, 0.2) is 0 Å². The number of rotatable bonds is 4. The maximum absolute atomic E-state index is 11.6. The molecule has 0 aromatic carbocycles. The molecule has 6 nitrogen and oxygen atoms in total. The van der Waals surface area contributed by atoms with Crippen molar-refractivity contribution in [3.8, 4) is 0 Å². The van der Waals surface area contributed by atoms with E-state index < -0.39 is 12.0 Å². The van der Waals surface area contributed by atoms with E-state index in [1.54, 1.807) is 0 Å². The summed E-state index contributed by atoms with van der Waals surface area (Å²) in [5.41, 5.74) is 6.00. The molecule has 1 atom stereocenters. The number of hydrogen-bond donors (Lipinski definition) is 3. The highest BCUT2D eigenvalue weighted by Crippen LogP contribution is 2.10. The summed E-state index contributed by atoms with van der Waals surface area (Å²) in [5.74, 6) is -1.45. The van der Waals surface area contributed by atoms with Crippen LogP contribution in [0.5, 0.6) is 0 Å². The number of carbonyl (C=O) groups excluding carboxylic acids is 1. The lowest BCUT2D eigenvalue weighted by atomic mass is 10.1. The molecule has 1 rings (SSSR count). The topological polar surface area (TPSA) is 105 Å². The Kier molecular flexibility index (Phi) is 4.17. The molecule has 0 radical (unpaired) electrons. The van der Waals surface area contributed by atoms with Gasteiger partial charge in [-0.15, -0.1) is 0 Å². The molecule has 1 aromatic rings. The Morgan fingerprint density at radius 1 is 1.41 bits per heavy atom. The molecule has 17 heavy (non-hydrogen) atoms. The maximum Gasteiger partial charge on any atom is 0.337 e. The van der Waals surface area contributed by atoms with Gasteiger partial charge in [-0.3, -0.25) is 9.78 Å². The van der Waals surface area contributed by atoms with Crippen LogP contribution in [0.2, 0.25) is 0 Å². The fourth-order valence-electron chi connectivity index (χ4n) is 1.15. The second-order valence-corrected chi connectivity index (χ2v) is 4.03. The van der Waals surface area contributed by atoms with Crippen LogP contribution in [-0.2, 0) is 4.79 Å². The van der Waals surface area contributed by atoms with Gasteiger partial charge in [-0.2, -0.15) is 0 Å². The Morgan fingerprint density at radius 3 is 2.59 bits per heavy atom. The number of aromatic carboxylic acids is 1. The number of nitrogens with one attached hydrogen (secondary N) is 1. The summed E-state index contributed by atoms with van der Waals surface area (Å²) in [6, 6.07) is 0.698. The van der Waals surface area contributed by atoms with Crippen LogP contribution in [0.25, 0.3) is 0 Å². The Labute approximate surface area is 98.8 Å². The summed E-state index contributed by atoms with van der Waals surface area (Å²) >= 11 is 0. The van der Waals surface area contributed by atoms with Crippen molar-refractivity contribution in [3.05, 3.63) is 24.0 Å². The van der Waals surface area contributed by atoms with E-state index in [0.717, 1.165) is 0 Å². The number of anilines is 1. The summed E-state index contributed by atoms with van der Waals surface area (Å²) in [6.45, 7) is 3.66. The van der Waals surface area contributed by atoms with Crippen LogP contribution in [0.15, 0.2) is 18.5 Å². The molecule has 0 aliphatic carbocycles. The van der Waals surface area contributed by atoms with Gasteiger partial charge in [0.05, 0.1) is 23.5 Å². The van der Waals surface area contributed by atoms with Crippen LogP contribution in [0.3, 0.4) is 0 Å². The van der Waals surface area contributed by atoms with Crippen molar-refractivity contribution in [3.63, 3.8) is 0 Å². The molecule has 1 amide bonds. The monoisotopic (exact) mass is 237 g/mol. The zero-order chi connectivity index (χ0) is 13.0. The second kappa shape index (κ2) is 5.40. The van der Waals surface area contributed by atoms with Gasteiger partial charge in [-0.1, -0.05) is 13.8 Å². The third-order valence-corrected chi connectivity index (χ3v) is 2.27. The predicted molar refractivity (Wildman–Crippen MR) is 62.6 cm³/mol. The van der Waals surface area contributed by atoms with Crippen LogP contribution in [-0.4, -0.2) is 28.0 Å². The zero-order valence-electron chi connectivity index (χ0n) is 9.68. The number of nitrogens with two attached hydrogens (primary N) is 1. The summed E-state index contributed by atoms with van der Waals surface area (Å²) in [7, 11) is 0. The Bertz CT molecular complexity index is 432. The average Bonchev–Trinajstić information content (AvgIpc) is 2.28. The molecule has 6 heteroatoms. The van der Waals surface area contributed by atoms with Crippen LogP contribution in [0.1, 0.15) is 24.2 Å². The predicted octanol–water partition coefficient (Wildman–Crippen LogP) is 0.702. The molecule has 92 valence electrons. The molecular formula is C11H15N3O3. The molecule has 1 aromatic heterocycles. The van der Waals surface area contributed by atoms with E-state index in [1.807, 2.05) is 13.8 Å². The minimum atomic E-state index is -1.10. The van der Waals surface area contributed by atoms with Gasteiger partial charge in [0.2, 0.25) is 5.91 Å². The van der Waals surface area contributed by atoms with Crippen molar-refractivity contribution >= 4 is 17.6 Å². The van der Waals surface area contributed by atoms with Crippen molar-refractivity contribution < 1.29 is 14.7 Å². The fraction of sp³-hybridized carbons (Fsp3) is 0.364. The first-order valence-electron chi connectivity index (χ1n) is 5.16. The Hall–Kier alpha value is -1.95. The van der Waals surface area contributed by atoms with Gasteiger partial charge in [0.25, 0.3) is 0 Å². The smallest absolute Gasteiger partial charge is 0.337 e. The molecule has 0 aliphatic heterocycles. The van der Waals surface area contributed by atoms with Crippen LogP contribution < -0.4 is 11.1 Å². The molecule has 0 saturated heterocycles. The number of nitrogens with zero attached hydrogens (tertiary/aromatic N) is 1. The summed E-state index contributed by atoms with van der Waals surface area (Å²) in [6.07, 6.45) is 2.58. The first-order chi connectivity index (χ1) is 7.91. The summed E-state index contributed by atoms with van der Waals surface area (Å²) in [4.78, 5) is 26.1. The number of aromatic nitrogens is 1. The number of carbonyl (C=O) groups is 2. The van der Waals surface area contributed by atoms with E-state index in [1.165, 1.54) is 18.5 Å². The second-order valence-electron chi connectivity index (χ2n) is 4.03. The molecule has 0 unspecified atom stereocenters. The number of pyridine rings is 1. The van der Waals surface area contributed by atoms with Crippen LogP contribution >= 0.6 is 0 Å². The standard InChI is InChI=1S/C11H15N3O3/c1-6(2)9(12)10(15)14-8-3-7(11(16)17)4-13-5-8/h3-6,9H,12H2,1-2H3,(H,14,15)(H,16,17)/t9-/m0/s1. The summed E-state index contributed by atoms with van der Waals surface area (Å²) in [5, 5.41) is 11.3. The third kappa shape index (κ3) is 3.53. The molecule has 4 N–H and O–H groups in total. The maximum atomic E-state index is 11.6. The van der Waals surface area contributed by atoms with E-state index >= 15 is 0 Å². The lowest BCUT2D eigenvalue weighted by Crippen LogP contribution is -2.39. The fourth-order valence-corrected chi connectivity index (χ4v) is 1.15. The molecule has 0 aliphatic rings. The van der Waals surface area contributed by atoms with E-state index in [2.05, 4.69) is 10.3 Å². The van der Waals surface area contributed by atoms with Gasteiger partial charge < -0.3 is 16.2 Å². The van der Waals surface area contributed by atoms with Crippen molar-refractivity contribution in [1.82, 2.24) is 4.98 Å². The van der Waals surface area contributed by atoms with Crippen molar-refractivity contribution in [2.24, 2.45) is 11.7 Å². The summed E-state index contributed by atoms with van der Waals surface area (Å²) < 4.78 is 0. The quantitative estimate of drug-likeness (QED) is 0.714. The minimum absolute atomic E-state index is 0.00520. The highest BCUT2D eigenvalue weighted by atomic mass is 16.4. The molecule has 0 bridgehead atoms. The number of carboxylic acids is 1. The molecule has 0 fully saturated rings. The van der Waals surface area contributed by atoms with E-state index in [4.69, 9.17) is 10.8 Å². The largest absolute Gasteiger partial charge is 0.478 e. The highest BCUT2D eigenvalue weighted by molar-refractivity contribution is 5.96. The minimum Gasteiger partial charge on any atom is -0.478 e. The SMILES string of the molecule is CC(C)[C@H](N)C(=O)Nc1cncc(C(=O)O)c1. The van der Waals surface area contributed by atoms with Gasteiger partial charge >= 0.3 is 5.97 Å². The first-order valence-corrected chi connectivity index (χ1v) is 5.16. The number of hydrogen-bond acceptors (Lipinski definition) is 4. The van der Waals surface area contributed by atoms with Crippen molar-refractivity contribution in [2.75, 3.05) is 5.32 Å². The lowest BCUT2D eigenvalue weighted by Gasteiger charge is -2.15. The first kappa shape index (κ1) is 13.1. The molecule has 1 heterocycles. The highest BCUT2D eigenvalue weighted by Gasteiger charge is 2.17. The average molecular weight is 237 g/mol. The zero-order valence-corrected chi connectivity index (χ0v) is 9.68. The van der Waals surface area contributed by atoms with Crippen LogP contribution in [0.4, 0.5) is 5.69 Å². The van der Waals surface area contributed by atoms with E-state index in [-0.39, 0.29) is 17.4 Å². The molecule has 0 saturated carbocycles. The van der Waals surface area contributed by atoms with Gasteiger partial charge in [-0.05, 0) is 12.0 Å². The van der Waals surface area contributed by atoms with E-state index in [0.29, 0.717) is 5.69 Å². The van der Waals surface area contributed by atoms with Crippen molar-refractivity contribution in [2.45, 2.75) is 19.9 Å². The normalized spacial score (nSPS) is 12.2. The lowest BCUT2D eigenvalue weighted by molar-refractivity contribution is -0.118. The Morgan fingerprint density at radius 2 is 2.06 bits per heavy atom. The number of amides is 1. The third-order valence-electron chi connectivity index (χ3n) is 2.27. The van der Waals surface area contributed by atoms with Gasteiger partial charge in [0.1, 0.15) is 0 Å². The molecular weight excluding hydrogens is 222 g/mol.